The van der Waals surface area contributed by atoms with E-state index in [1.165, 1.54) is 37.9 Å². The van der Waals surface area contributed by atoms with Crippen LogP contribution in [0, 0.1) is 5.41 Å². The molecule has 3 rings (SSSR count). The zero-order valence-corrected chi connectivity index (χ0v) is 13.0. The van der Waals surface area contributed by atoms with Gasteiger partial charge in [-0.15, -0.1) is 0 Å². The molecule has 3 nitrogen and oxygen atoms in total. The lowest BCUT2D eigenvalue weighted by Gasteiger charge is -2.38. The van der Waals surface area contributed by atoms with Crippen LogP contribution >= 0.6 is 11.8 Å². The molecule has 1 atom stereocenters. The summed E-state index contributed by atoms with van der Waals surface area (Å²) < 4.78 is 5.40. The summed E-state index contributed by atoms with van der Waals surface area (Å²) in [4.78, 5) is 4.81. The Morgan fingerprint density at radius 3 is 2.90 bits per heavy atom. The summed E-state index contributed by atoms with van der Waals surface area (Å²) in [5, 5.41) is 4.66. The molecule has 0 bridgehead atoms. The van der Waals surface area contributed by atoms with E-state index in [1.807, 2.05) is 23.9 Å². The lowest BCUT2D eigenvalue weighted by molar-refractivity contribution is 0.232. The molecule has 0 saturated heterocycles. The summed E-state index contributed by atoms with van der Waals surface area (Å²) in [5.41, 5.74) is 0.512. The molecular formula is C16H24N2OS. The smallest absolute Gasteiger partial charge is 0.156 e. The van der Waals surface area contributed by atoms with Gasteiger partial charge in [0.1, 0.15) is 5.76 Å². The number of thioether (sulfide) groups is 1. The van der Waals surface area contributed by atoms with Gasteiger partial charge in [-0.3, -0.25) is 4.99 Å². The van der Waals surface area contributed by atoms with E-state index >= 15 is 0 Å². The van der Waals surface area contributed by atoms with Gasteiger partial charge in [0, 0.05) is 24.8 Å². The van der Waals surface area contributed by atoms with Crippen molar-refractivity contribution in [3.63, 3.8) is 0 Å². The number of rotatable bonds is 3. The molecule has 1 aliphatic heterocycles. The van der Waals surface area contributed by atoms with E-state index < -0.39 is 0 Å². The number of aliphatic imine (C=N–C) groups is 1. The Morgan fingerprint density at radius 1 is 1.40 bits per heavy atom. The average molecular weight is 292 g/mol. The second-order valence-electron chi connectivity index (χ2n) is 6.30. The second kappa shape index (κ2) is 6.25. The number of hydrogen-bond donors (Lipinski definition) is 1. The highest BCUT2D eigenvalue weighted by Gasteiger charge is 2.34. The van der Waals surface area contributed by atoms with E-state index in [9.17, 15) is 0 Å². The van der Waals surface area contributed by atoms with Crippen molar-refractivity contribution in [2.24, 2.45) is 10.4 Å². The van der Waals surface area contributed by atoms with Gasteiger partial charge in [-0.1, -0.05) is 31.0 Å². The van der Waals surface area contributed by atoms with Gasteiger partial charge in [-0.2, -0.15) is 0 Å². The van der Waals surface area contributed by atoms with Crippen molar-refractivity contribution in [3.05, 3.63) is 24.2 Å². The van der Waals surface area contributed by atoms with Gasteiger partial charge in [-0.25, -0.2) is 0 Å². The molecule has 1 aromatic heterocycles. The van der Waals surface area contributed by atoms with Gasteiger partial charge in [0.25, 0.3) is 0 Å². The zero-order chi connectivity index (χ0) is 13.8. The summed E-state index contributed by atoms with van der Waals surface area (Å²) >= 11 is 1.92. The fourth-order valence-corrected chi connectivity index (χ4v) is 4.50. The van der Waals surface area contributed by atoms with E-state index in [4.69, 9.17) is 9.41 Å². The highest BCUT2D eigenvalue weighted by atomic mass is 32.2. The number of furan rings is 1. The van der Waals surface area contributed by atoms with Crippen LogP contribution in [0.25, 0.3) is 0 Å². The topological polar surface area (TPSA) is 37.5 Å². The van der Waals surface area contributed by atoms with E-state index in [0.717, 1.165) is 23.9 Å². The molecule has 1 unspecified atom stereocenters. The van der Waals surface area contributed by atoms with Crippen LogP contribution < -0.4 is 5.32 Å². The van der Waals surface area contributed by atoms with E-state index in [2.05, 4.69) is 12.2 Å². The third kappa shape index (κ3) is 3.40. The monoisotopic (exact) mass is 292 g/mol. The summed E-state index contributed by atoms with van der Waals surface area (Å²) in [5.74, 6) is 2.28. The van der Waals surface area contributed by atoms with Crippen LogP contribution in [0.4, 0.5) is 0 Å². The van der Waals surface area contributed by atoms with E-state index in [-0.39, 0.29) is 0 Å². The van der Waals surface area contributed by atoms with Crippen molar-refractivity contribution in [1.82, 2.24) is 5.32 Å². The molecule has 1 saturated carbocycles. The quantitative estimate of drug-likeness (QED) is 0.919. The minimum absolute atomic E-state index is 0.368. The van der Waals surface area contributed by atoms with Crippen molar-refractivity contribution in [3.8, 4) is 0 Å². The molecule has 1 spiro atoms. The SMILES string of the molecule is CC(Cc1ccco1)NC1=NCC2(CCCCC2)CS1. The van der Waals surface area contributed by atoms with Gasteiger partial charge >= 0.3 is 0 Å². The summed E-state index contributed by atoms with van der Waals surface area (Å²) in [6.07, 6.45) is 9.61. The molecule has 2 aliphatic rings. The summed E-state index contributed by atoms with van der Waals surface area (Å²) in [6, 6.07) is 4.35. The third-order valence-corrected chi connectivity index (χ3v) is 5.72. The molecule has 0 radical (unpaired) electrons. The number of nitrogens with zero attached hydrogens (tertiary/aromatic N) is 1. The fraction of sp³-hybridized carbons (Fsp3) is 0.688. The van der Waals surface area contributed by atoms with Crippen LogP contribution in [0.3, 0.4) is 0 Å². The lowest BCUT2D eigenvalue weighted by atomic mass is 9.75. The molecule has 4 heteroatoms. The molecule has 1 aromatic rings. The van der Waals surface area contributed by atoms with Crippen LogP contribution in [-0.2, 0) is 6.42 Å². The van der Waals surface area contributed by atoms with Crippen LogP contribution in [0.5, 0.6) is 0 Å². The van der Waals surface area contributed by atoms with Crippen LogP contribution in [0.15, 0.2) is 27.8 Å². The lowest BCUT2D eigenvalue weighted by Crippen LogP contribution is -2.39. The normalized spacial score (nSPS) is 23.4. The maximum atomic E-state index is 5.40. The van der Waals surface area contributed by atoms with Crippen molar-refractivity contribution in [2.75, 3.05) is 12.3 Å². The van der Waals surface area contributed by atoms with Crippen LogP contribution in [0.2, 0.25) is 0 Å². The van der Waals surface area contributed by atoms with Crippen molar-refractivity contribution in [2.45, 2.75) is 51.5 Å². The van der Waals surface area contributed by atoms with Crippen LogP contribution in [0.1, 0.15) is 44.8 Å². The highest BCUT2D eigenvalue weighted by Crippen LogP contribution is 2.41. The molecule has 0 aromatic carbocycles. The Balaban J connectivity index is 1.51. The predicted molar refractivity (Wildman–Crippen MR) is 85.3 cm³/mol. The maximum Gasteiger partial charge on any atom is 0.156 e. The minimum atomic E-state index is 0.368. The van der Waals surface area contributed by atoms with Crippen molar-refractivity contribution in [1.29, 1.82) is 0 Å². The number of nitrogens with one attached hydrogen (secondary N) is 1. The Bertz CT molecular complexity index is 449. The minimum Gasteiger partial charge on any atom is -0.469 e. The first-order chi connectivity index (χ1) is 9.76. The molecule has 20 heavy (non-hydrogen) atoms. The molecule has 1 aliphatic carbocycles. The number of amidine groups is 1. The van der Waals surface area contributed by atoms with Gasteiger partial charge in [-0.05, 0) is 37.3 Å². The van der Waals surface area contributed by atoms with Crippen molar-refractivity contribution >= 4 is 16.9 Å². The number of hydrogen-bond acceptors (Lipinski definition) is 4. The molecule has 1 N–H and O–H groups in total. The standard InChI is InChI=1S/C16H24N2OS/c1-13(10-14-6-5-9-19-14)18-15-17-11-16(12-20-15)7-3-2-4-8-16/h5-6,9,13H,2-4,7-8,10-12H2,1H3,(H,17,18). The van der Waals surface area contributed by atoms with Gasteiger partial charge in [0.2, 0.25) is 0 Å². The van der Waals surface area contributed by atoms with E-state index in [1.54, 1.807) is 6.26 Å². The molecular weight excluding hydrogens is 268 g/mol. The van der Waals surface area contributed by atoms with Gasteiger partial charge in [0.05, 0.1) is 6.26 Å². The maximum absolute atomic E-state index is 5.40. The Morgan fingerprint density at radius 2 is 2.25 bits per heavy atom. The molecule has 1 fully saturated rings. The molecule has 0 amide bonds. The second-order valence-corrected chi connectivity index (χ2v) is 7.26. The first-order valence-electron chi connectivity index (χ1n) is 7.72. The fourth-order valence-electron chi connectivity index (χ4n) is 3.24. The first-order valence-corrected chi connectivity index (χ1v) is 8.71. The molecule has 110 valence electrons. The summed E-state index contributed by atoms with van der Waals surface area (Å²) in [6.45, 7) is 3.21. The van der Waals surface area contributed by atoms with Gasteiger partial charge in [0.15, 0.2) is 5.17 Å². The Kier molecular flexibility index (Phi) is 4.39. The third-order valence-electron chi connectivity index (χ3n) is 4.44. The van der Waals surface area contributed by atoms with Crippen molar-refractivity contribution < 1.29 is 4.42 Å². The summed E-state index contributed by atoms with van der Waals surface area (Å²) in [7, 11) is 0. The Hall–Kier alpha value is -0.900. The zero-order valence-electron chi connectivity index (χ0n) is 12.2. The largest absolute Gasteiger partial charge is 0.469 e. The highest BCUT2D eigenvalue weighted by molar-refractivity contribution is 8.13. The Labute approximate surface area is 125 Å². The predicted octanol–water partition coefficient (Wildman–Crippen LogP) is 3.85. The van der Waals surface area contributed by atoms with Crippen LogP contribution in [-0.4, -0.2) is 23.5 Å². The average Bonchev–Trinajstić information content (AvgIpc) is 2.95. The van der Waals surface area contributed by atoms with E-state index in [0.29, 0.717) is 11.5 Å². The first kappa shape index (κ1) is 14.1. The molecule has 2 heterocycles. The van der Waals surface area contributed by atoms with Gasteiger partial charge < -0.3 is 9.73 Å².